The second-order valence-corrected chi connectivity index (χ2v) is 5.77. The predicted molar refractivity (Wildman–Crippen MR) is 88.8 cm³/mol. The van der Waals surface area contributed by atoms with Gasteiger partial charge >= 0.3 is 5.97 Å². The maximum absolute atomic E-state index is 12.8. The van der Waals surface area contributed by atoms with Crippen molar-refractivity contribution < 1.29 is 28.1 Å². The smallest absolute Gasteiger partial charge is 0.344 e. The summed E-state index contributed by atoms with van der Waals surface area (Å²) in [4.78, 5) is 11.8. The van der Waals surface area contributed by atoms with Gasteiger partial charge in [-0.2, -0.15) is 0 Å². The number of esters is 1. The normalized spacial score (nSPS) is 13.0. The van der Waals surface area contributed by atoms with Crippen LogP contribution in [0.5, 0.6) is 17.2 Å². The van der Waals surface area contributed by atoms with Gasteiger partial charge in [-0.15, -0.1) is 0 Å². The highest BCUT2D eigenvalue weighted by Gasteiger charge is 2.16. The first-order valence-corrected chi connectivity index (χ1v) is 8.11. The minimum Gasteiger partial charge on any atom is -0.489 e. The zero-order valence-electron chi connectivity index (χ0n) is 13.3. The van der Waals surface area contributed by atoms with E-state index in [0.717, 1.165) is 6.42 Å². The molecular weight excluding hydrogens is 351 g/mol. The van der Waals surface area contributed by atoms with Gasteiger partial charge in [-0.3, -0.25) is 0 Å². The number of benzene rings is 2. The fraction of sp³-hybridized carbons (Fsp3) is 0.278. The quantitative estimate of drug-likeness (QED) is 0.754. The van der Waals surface area contributed by atoms with Gasteiger partial charge in [-0.05, 0) is 42.0 Å². The highest BCUT2D eigenvalue weighted by Crippen LogP contribution is 2.38. The molecule has 1 aliphatic rings. The average molecular weight is 367 g/mol. The lowest BCUT2D eigenvalue weighted by molar-refractivity contribution is -0.147. The molecule has 0 unspecified atom stereocenters. The summed E-state index contributed by atoms with van der Waals surface area (Å²) < 4.78 is 34.3. The van der Waals surface area contributed by atoms with E-state index in [1.807, 2.05) is 0 Å². The summed E-state index contributed by atoms with van der Waals surface area (Å²) in [6, 6.07) is 8.78. The molecule has 7 heteroatoms. The van der Waals surface area contributed by atoms with Crippen LogP contribution in [0.2, 0.25) is 5.02 Å². The zero-order chi connectivity index (χ0) is 17.6. The Balaban J connectivity index is 1.54. The Morgan fingerprint density at radius 1 is 1.16 bits per heavy atom. The Bertz CT molecular complexity index is 748. The third-order valence-electron chi connectivity index (χ3n) is 3.43. The summed E-state index contributed by atoms with van der Waals surface area (Å²) in [6.07, 6.45) is 0.774. The molecule has 2 aromatic carbocycles. The third kappa shape index (κ3) is 4.76. The van der Waals surface area contributed by atoms with Crippen LogP contribution in [0.15, 0.2) is 36.4 Å². The standard InChI is InChI=1S/C18H16ClFO5/c19-15-8-12(9-16-18(15)23-7-1-6-22-16)10-25-17(21)11-24-14-4-2-13(20)3-5-14/h2-5,8-9H,1,6-7,10-11H2. The van der Waals surface area contributed by atoms with E-state index in [4.69, 9.17) is 30.5 Å². The van der Waals surface area contributed by atoms with Crippen LogP contribution in [-0.4, -0.2) is 25.8 Å². The van der Waals surface area contributed by atoms with Crippen molar-refractivity contribution >= 4 is 17.6 Å². The van der Waals surface area contributed by atoms with Crippen LogP contribution in [0, 0.1) is 5.82 Å². The summed E-state index contributed by atoms with van der Waals surface area (Å²) in [7, 11) is 0. The predicted octanol–water partition coefficient (Wildman–Crippen LogP) is 3.76. The van der Waals surface area contributed by atoms with E-state index >= 15 is 0 Å². The van der Waals surface area contributed by atoms with Crippen LogP contribution in [-0.2, 0) is 16.1 Å². The van der Waals surface area contributed by atoms with Crippen molar-refractivity contribution in [1.82, 2.24) is 0 Å². The van der Waals surface area contributed by atoms with E-state index in [1.165, 1.54) is 24.3 Å². The highest BCUT2D eigenvalue weighted by molar-refractivity contribution is 6.32. The van der Waals surface area contributed by atoms with Crippen LogP contribution in [0.1, 0.15) is 12.0 Å². The van der Waals surface area contributed by atoms with E-state index in [2.05, 4.69) is 0 Å². The molecule has 0 fully saturated rings. The fourth-order valence-corrected chi connectivity index (χ4v) is 2.53. The van der Waals surface area contributed by atoms with Gasteiger partial charge < -0.3 is 18.9 Å². The van der Waals surface area contributed by atoms with Gasteiger partial charge in [0.05, 0.1) is 18.2 Å². The van der Waals surface area contributed by atoms with Crippen molar-refractivity contribution in [2.75, 3.05) is 19.8 Å². The van der Waals surface area contributed by atoms with E-state index in [9.17, 15) is 9.18 Å². The number of hydrogen-bond donors (Lipinski definition) is 0. The molecule has 0 bridgehead atoms. The molecule has 0 amide bonds. The van der Waals surface area contributed by atoms with E-state index < -0.39 is 5.97 Å². The largest absolute Gasteiger partial charge is 0.489 e. The topological polar surface area (TPSA) is 54.0 Å². The molecule has 5 nitrogen and oxygen atoms in total. The van der Waals surface area contributed by atoms with Crippen molar-refractivity contribution in [3.63, 3.8) is 0 Å². The molecule has 0 N–H and O–H groups in total. The number of carbonyl (C=O) groups is 1. The summed E-state index contributed by atoms with van der Waals surface area (Å²) in [6.45, 7) is 0.839. The Morgan fingerprint density at radius 3 is 2.72 bits per heavy atom. The average Bonchev–Trinajstić information content (AvgIpc) is 2.85. The summed E-state index contributed by atoms with van der Waals surface area (Å²) in [5, 5.41) is 0.410. The van der Waals surface area contributed by atoms with Gasteiger partial charge in [0.2, 0.25) is 0 Å². The molecule has 25 heavy (non-hydrogen) atoms. The molecule has 132 valence electrons. The van der Waals surface area contributed by atoms with Crippen LogP contribution in [0.4, 0.5) is 4.39 Å². The number of rotatable bonds is 5. The lowest BCUT2D eigenvalue weighted by atomic mass is 10.2. The maximum atomic E-state index is 12.8. The summed E-state index contributed by atoms with van der Waals surface area (Å²) in [5.41, 5.74) is 0.685. The first-order chi connectivity index (χ1) is 12.1. The first-order valence-electron chi connectivity index (χ1n) is 7.74. The minimum atomic E-state index is -0.549. The van der Waals surface area contributed by atoms with E-state index in [-0.39, 0.29) is 19.0 Å². The second-order valence-electron chi connectivity index (χ2n) is 5.36. The van der Waals surface area contributed by atoms with Crippen molar-refractivity contribution in [1.29, 1.82) is 0 Å². The maximum Gasteiger partial charge on any atom is 0.344 e. The number of carbonyl (C=O) groups excluding carboxylic acids is 1. The van der Waals surface area contributed by atoms with Crippen molar-refractivity contribution in [2.45, 2.75) is 13.0 Å². The van der Waals surface area contributed by atoms with Gasteiger partial charge in [0.15, 0.2) is 18.1 Å². The van der Waals surface area contributed by atoms with Crippen LogP contribution in [0.3, 0.4) is 0 Å². The van der Waals surface area contributed by atoms with E-state index in [0.29, 0.717) is 41.0 Å². The number of fused-ring (bicyclic) bond motifs is 1. The Hall–Kier alpha value is -2.47. The molecular formula is C18H16ClFO5. The fourth-order valence-electron chi connectivity index (χ4n) is 2.25. The molecule has 0 atom stereocenters. The molecule has 0 aromatic heterocycles. The SMILES string of the molecule is O=C(COc1ccc(F)cc1)OCc1cc(Cl)c2c(c1)OCCCO2. The molecule has 0 radical (unpaired) electrons. The van der Waals surface area contributed by atoms with Gasteiger partial charge in [0.1, 0.15) is 18.2 Å². The number of hydrogen-bond acceptors (Lipinski definition) is 5. The number of halogens is 2. The van der Waals surface area contributed by atoms with Gasteiger partial charge in [0, 0.05) is 6.42 Å². The Morgan fingerprint density at radius 2 is 1.92 bits per heavy atom. The monoisotopic (exact) mass is 366 g/mol. The molecule has 0 aliphatic carbocycles. The molecule has 3 rings (SSSR count). The van der Waals surface area contributed by atoms with Crippen LogP contribution >= 0.6 is 11.6 Å². The molecule has 0 saturated carbocycles. The van der Waals surface area contributed by atoms with E-state index in [1.54, 1.807) is 12.1 Å². The summed E-state index contributed by atoms with van der Waals surface area (Å²) >= 11 is 6.19. The Kier molecular flexibility index (Phi) is 5.60. The van der Waals surface area contributed by atoms with Crippen LogP contribution in [0.25, 0.3) is 0 Å². The molecule has 2 aromatic rings. The van der Waals surface area contributed by atoms with Gasteiger partial charge in [-0.25, -0.2) is 9.18 Å². The summed E-state index contributed by atoms with van der Waals surface area (Å²) in [5.74, 6) is 0.512. The lowest BCUT2D eigenvalue weighted by Crippen LogP contribution is -2.14. The highest BCUT2D eigenvalue weighted by atomic mass is 35.5. The van der Waals surface area contributed by atoms with Crippen LogP contribution < -0.4 is 14.2 Å². The molecule has 0 spiro atoms. The van der Waals surface area contributed by atoms with Crippen molar-refractivity contribution in [2.24, 2.45) is 0 Å². The second kappa shape index (κ2) is 8.07. The number of ether oxygens (including phenoxy) is 4. The first kappa shape index (κ1) is 17.4. The minimum absolute atomic E-state index is 0.0297. The third-order valence-corrected chi connectivity index (χ3v) is 3.71. The zero-order valence-corrected chi connectivity index (χ0v) is 14.1. The molecule has 0 saturated heterocycles. The van der Waals surface area contributed by atoms with Gasteiger partial charge in [0.25, 0.3) is 0 Å². The Labute approximate surface area is 149 Å². The van der Waals surface area contributed by atoms with Crippen molar-refractivity contribution in [3.8, 4) is 17.2 Å². The van der Waals surface area contributed by atoms with Crippen molar-refractivity contribution in [3.05, 3.63) is 52.8 Å². The van der Waals surface area contributed by atoms with Gasteiger partial charge in [-0.1, -0.05) is 11.6 Å². The molecule has 1 aliphatic heterocycles. The lowest BCUT2D eigenvalue weighted by Gasteiger charge is -2.12. The molecule has 1 heterocycles.